The summed E-state index contributed by atoms with van der Waals surface area (Å²) in [6, 6.07) is 8.10. The van der Waals surface area contributed by atoms with E-state index in [1.54, 1.807) is 0 Å². The molecule has 3 aromatic rings. The second-order valence-electron chi connectivity index (χ2n) is 6.03. The van der Waals surface area contributed by atoms with Crippen LogP contribution < -0.4 is 0 Å². The molecule has 0 spiro atoms. The SMILES string of the molecule is CCc1ccc(CC)c(C(=O)CSc2nnc3cc(C)nc(C)n23)c1. The van der Waals surface area contributed by atoms with Crippen LogP contribution in [-0.2, 0) is 12.8 Å². The second kappa shape index (κ2) is 7.35. The molecule has 0 aliphatic rings. The molecule has 0 saturated heterocycles. The quantitative estimate of drug-likeness (QED) is 0.497. The molecule has 0 bridgehead atoms. The Balaban J connectivity index is 1.84. The largest absolute Gasteiger partial charge is 0.293 e. The van der Waals surface area contributed by atoms with Gasteiger partial charge in [0.15, 0.2) is 16.6 Å². The number of carbonyl (C=O) groups excluding carboxylic acids is 1. The highest BCUT2D eigenvalue weighted by Gasteiger charge is 2.15. The summed E-state index contributed by atoms with van der Waals surface area (Å²) in [6.45, 7) is 8.04. The highest BCUT2D eigenvalue weighted by Crippen LogP contribution is 2.22. The maximum absolute atomic E-state index is 12.8. The third-order valence-electron chi connectivity index (χ3n) is 4.25. The second-order valence-corrected chi connectivity index (χ2v) is 6.97. The summed E-state index contributed by atoms with van der Waals surface area (Å²) in [4.78, 5) is 17.2. The maximum atomic E-state index is 12.8. The van der Waals surface area contributed by atoms with Crippen LogP contribution in [0, 0.1) is 13.8 Å². The Kier molecular flexibility index (Phi) is 5.18. The number of thioether (sulfide) groups is 1. The van der Waals surface area contributed by atoms with E-state index in [4.69, 9.17) is 0 Å². The van der Waals surface area contributed by atoms with Crippen molar-refractivity contribution in [3.8, 4) is 0 Å². The first kappa shape index (κ1) is 17.6. The van der Waals surface area contributed by atoms with Gasteiger partial charge in [0, 0.05) is 17.3 Å². The molecule has 0 N–H and O–H groups in total. The molecule has 1 aromatic carbocycles. The number of ketones is 1. The minimum Gasteiger partial charge on any atom is -0.293 e. The number of carbonyl (C=O) groups is 1. The van der Waals surface area contributed by atoms with E-state index in [1.165, 1.54) is 17.3 Å². The monoisotopic (exact) mass is 354 g/mol. The summed E-state index contributed by atoms with van der Waals surface area (Å²) in [5.74, 6) is 1.30. The van der Waals surface area contributed by atoms with Crippen molar-refractivity contribution in [1.29, 1.82) is 0 Å². The van der Waals surface area contributed by atoms with Crippen molar-refractivity contribution < 1.29 is 4.79 Å². The van der Waals surface area contributed by atoms with Gasteiger partial charge >= 0.3 is 0 Å². The molecular weight excluding hydrogens is 332 g/mol. The number of nitrogens with zero attached hydrogens (tertiary/aromatic N) is 4. The fourth-order valence-corrected chi connectivity index (χ4v) is 3.79. The molecule has 0 fully saturated rings. The molecule has 0 amide bonds. The summed E-state index contributed by atoms with van der Waals surface area (Å²) in [5.41, 5.74) is 4.79. The van der Waals surface area contributed by atoms with Crippen LogP contribution in [0.3, 0.4) is 0 Å². The minimum atomic E-state index is 0.131. The Labute approximate surface area is 151 Å². The van der Waals surface area contributed by atoms with Crippen LogP contribution in [0.25, 0.3) is 5.65 Å². The first-order chi connectivity index (χ1) is 12.0. The van der Waals surface area contributed by atoms with Crippen LogP contribution in [0.5, 0.6) is 0 Å². The lowest BCUT2D eigenvalue weighted by molar-refractivity contribution is 0.102. The van der Waals surface area contributed by atoms with Crippen molar-refractivity contribution in [3.63, 3.8) is 0 Å². The van der Waals surface area contributed by atoms with Gasteiger partial charge < -0.3 is 0 Å². The summed E-state index contributed by atoms with van der Waals surface area (Å²) in [6.07, 6.45) is 1.78. The molecule has 0 saturated carbocycles. The first-order valence-electron chi connectivity index (χ1n) is 8.50. The van der Waals surface area contributed by atoms with Gasteiger partial charge in [0.2, 0.25) is 0 Å². The van der Waals surface area contributed by atoms with Gasteiger partial charge in [-0.2, -0.15) is 0 Å². The number of aryl methyl sites for hydroxylation is 4. The predicted octanol–water partition coefficient (Wildman–Crippen LogP) is 3.84. The standard InChI is InChI=1S/C19H22N4OS/c1-5-14-7-8-15(6-2)16(10-14)17(24)11-25-19-22-21-18-9-12(3)20-13(4)23(18)19/h7-10H,5-6,11H2,1-4H3. The van der Waals surface area contributed by atoms with Gasteiger partial charge in [-0.3, -0.25) is 9.20 Å². The summed E-state index contributed by atoms with van der Waals surface area (Å²) >= 11 is 1.41. The maximum Gasteiger partial charge on any atom is 0.197 e. The predicted molar refractivity (Wildman–Crippen MR) is 101 cm³/mol. The third-order valence-corrected chi connectivity index (χ3v) is 5.18. The molecule has 2 heterocycles. The summed E-state index contributed by atoms with van der Waals surface area (Å²) in [5, 5.41) is 9.12. The molecule has 2 aromatic heterocycles. The molecule has 0 atom stereocenters. The Hall–Kier alpha value is -2.21. The number of fused-ring (bicyclic) bond motifs is 1. The molecule has 5 nitrogen and oxygen atoms in total. The number of benzene rings is 1. The van der Waals surface area contributed by atoms with Crippen LogP contribution in [0.15, 0.2) is 29.4 Å². The molecule has 0 radical (unpaired) electrons. The number of aromatic nitrogens is 4. The molecule has 6 heteroatoms. The smallest absolute Gasteiger partial charge is 0.197 e. The minimum absolute atomic E-state index is 0.131. The highest BCUT2D eigenvalue weighted by molar-refractivity contribution is 7.99. The lowest BCUT2D eigenvalue weighted by Crippen LogP contribution is -2.08. The number of Topliss-reactive ketones (excluding diaryl/α,β-unsaturated/α-hetero) is 1. The summed E-state index contributed by atoms with van der Waals surface area (Å²) in [7, 11) is 0. The number of rotatable bonds is 6. The van der Waals surface area contributed by atoms with Crippen LogP contribution in [0.2, 0.25) is 0 Å². The normalized spacial score (nSPS) is 11.2. The molecule has 25 heavy (non-hydrogen) atoms. The summed E-state index contributed by atoms with van der Waals surface area (Å²) < 4.78 is 1.90. The zero-order valence-corrected chi connectivity index (χ0v) is 15.9. The van der Waals surface area contributed by atoms with E-state index < -0.39 is 0 Å². The van der Waals surface area contributed by atoms with E-state index in [2.05, 4.69) is 41.2 Å². The Bertz CT molecular complexity index is 933. The average molecular weight is 354 g/mol. The topological polar surface area (TPSA) is 60.2 Å². The van der Waals surface area contributed by atoms with E-state index in [9.17, 15) is 4.79 Å². The van der Waals surface area contributed by atoms with Crippen LogP contribution >= 0.6 is 11.8 Å². The van der Waals surface area contributed by atoms with Crippen molar-refractivity contribution in [2.24, 2.45) is 0 Å². The lowest BCUT2D eigenvalue weighted by Gasteiger charge is -2.09. The van der Waals surface area contributed by atoms with Crippen molar-refractivity contribution in [2.75, 3.05) is 5.75 Å². The van der Waals surface area contributed by atoms with E-state index >= 15 is 0 Å². The average Bonchev–Trinajstić information content (AvgIpc) is 3.02. The molecule has 3 rings (SSSR count). The molecule has 130 valence electrons. The van der Waals surface area contributed by atoms with Crippen LogP contribution in [0.1, 0.15) is 46.9 Å². The van der Waals surface area contributed by atoms with Gasteiger partial charge in [-0.1, -0.05) is 37.7 Å². The number of hydrogen-bond donors (Lipinski definition) is 0. The van der Waals surface area contributed by atoms with E-state index in [0.717, 1.165) is 41.1 Å². The Morgan fingerprint density at radius 2 is 1.92 bits per heavy atom. The van der Waals surface area contributed by atoms with Crippen molar-refractivity contribution in [2.45, 2.75) is 45.7 Å². The van der Waals surface area contributed by atoms with Crippen molar-refractivity contribution >= 4 is 23.2 Å². The molecule has 0 aliphatic carbocycles. The van der Waals surface area contributed by atoms with Crippen molar-refractivity contribution in [1.82, 2.24) is 19.6 Å². The zero-order chi connectivity index (χ0) is 18.0. The van der Waals surface area contributed by atoms with Gasteiger partial charge in [0.25, 0.3) is 0 Å². The van der Waals surface area contributed by atoms with Crippen molar-refractivity contribution in [3.05, 3.63) is 52.5 Å². The number of hydrogen-bond acceptors (Lipinski definition) is 5. The van der Waals surface area contributed by atoms with Gasteiger partial charge in [-0.05, 0) is 43.9 Å². The van der Waals surface area contributed by atoms with Gasteiger partial charge in [0.05, 0.1) is 5.75 Å². The fraction of sp³-hybridized carbons (Fsp3) is 0.368. The van der Waals surface area contributed by atoms with E-state index in [1.807, 2.05) is 30.4 Å². The highest BCUT2D eigenvalue weighted by atomic mass is 32.2. The van der Waals surface area contributed by atoms with Crippen LogP contribution in [0.4, 0.5) is 0 Å². The molecular formula is C19H22N4OS. The van der Waals surface area contributed by atoms with E-state index in [-0.39, 0.29) is 5.78 Å². The fourth-order valence-electron chi connectivity index (χ4n) is 2.92. The molecule has 0 unspecified atom stereocenters. The van der Waals surface area contributed by atoms with E-state index in [0.29, 0.717) is 10.9 Å². The van der Waals surface area contributed by atoms with Gasteiger partial charge in [0.1, 0.15) is 5.82 Å². The Morgan fingerprint density at radius 3 is 2.64 bits per heavy atom. The van der Waals surface area contributed by atoms with Gasteiger partial charge in [-0.15, -0.1) is 10.2 Å². The van der Waals surface area contributed by atoms with Crippen LogP contribution in [-0.4, -0.2) is 31.1 Å². The zero-order valence-electron chi connectivity index (χ0n) is 15.0. The molecule has 0 aliphatic heterocycles. The third kappa shape index (κ3) is 3.58. The van der Waals surface area contributed by atoms with Gasteiger partial charge in [-0.25, -0.2) is 4.98 Å². The Morgan fingerprint density at radius 1 is 1.12 bits per heavy atom. The lowest BCUT2D eigenvalue weighted by atomic mass is 9.98. The first-order valence-corrected chi connectivity index (χ1v) is 9.49.